The van der Waals surface area contributed by atoms with Gasteiger partial charge in [0, 0.05) is 12.8 Å². The third-order valence-electron chi connectivity index (χ3n) is 16.4. The van der Waals surface area contributed by atoms with Crippen molar-refractivity contribution in [2.24, 2.45) is 0 Å². The number of rotatable bonds is 68. The van der Waals surface area contributed by atoms with Gasteiger partial charge in [0.1, 0.15) is 19.8 Å². The molecule has 0 rings (SSSR count). The van der Waals surface area contributed by atoms with Crippen LogP contribution in [-0.2, 0) is 32.7 Å². The van der Waals surface area contributed by atoms with Gasteiger partial charge in [0.25, 0.3) is 7.82 Å². The SMILES string of the molecule is CCCCCCC/C=C\C/C=C\C/C=C\CCCCCCCCCCCCCCCCCCCCCCCCCCC(=O)OC(COC(=O)CCCCCCCCCCCCCCCCCCCCCC)COP(=O)([O-])OCC[N+](C)(C)C. The number of unbranched alkanes of at least 4 members (excludes halogenated alkanes) is 48. The Bertz CT molecular complexity index is 1490. The minimum atomic E-state index is -4.64. The molecule has 0 bridgehead atoms. The summed E-state index contributed by atoms with van der Waals surface area (Å²) < 4.78 is 34.3. The van der Waals surface area contributed by atoms with Crippen LogP contribution in [-0.4, -0.2) is 70.0 Å². The van der Waals surface area contributed by atoms with Gasteiger partial charge < -0.3 is 27.9 Å². The maximum absolute atomic E-state index is 12.9. The lowest BCUT2D eigenvalue weighted by Crippen LogP contribution is -2.37. The Morgan fingerprint density at radius 1 is 0.373 bits per heavy atom. The Hall–Kier alpha value is -1.77. The third kappa shape index (κ3) is 69.2. The van der Waals surface area contributed by atoms with Crippen molar-refractivity contribution in [2.75, 3.05) is 47.5 Å². The Labute approximate surface area is 516 Å². The molecule has 0 saturated carbocycles. The van der Waals surface area contributed by atoms with Crippen molar-refractivity contribution in [1.82, 2.24) is 0 Å². The molecule has 490 valence electrons. The highest BCUT2D eigenvalue weighted by atomic mass is 31.2. The first-order valence-electron chi connectivity index (χ1n) is 36.2. The summed E-state index contributed by atoms with van der Waals surface area (Å²) >= 11 is 0. The van der Waals surface area contributed by atoms with E-state index in [4.69, 9.17) is 18.5 Å². The monoisotopic (exact) mass is 1190 g/mol. The van der Waals surface area contributed by atoms with Gasteiger partial charge in [0.2, 0.25) is 0 Å². The number of hydrogen-bond donors (Lipinski definition) is 0. The highest BCUT2D eigenvalue weighted by Crippen LogP contribution is 2.38. The predicted octanol–water partition coefficient (Wildman–Crippen LogP) is 22.8. The van der Waals surface area contributed by atoms with Crippen LogP contribution >= 0.6 is 7.82 Å². The number of carbonyl (C=O) groups excluding carboxylic acids is 2. The summed E-state index contributed by atoms with van der Waals surface area (Å²) in [5.41, 5.74) is 0. The van der Waals surface area contributed by atoms with Crippen LogP contribution < -0.4 is 4.89 Å². The number of hydrogen-bond acceptors (Lipinski definition) is 8. The van der Waals surface area contributed by atoms with Crippen LogP contribution in [0, 0.1) is 0 Å². The van der Waals surface area contributed by atoms with Gasteiger partial charge in [-0.3, -0.25) is 14.2 Å². The van der Waals surface area contributed by atoms with Crippen LogP contribution in [0.3, 0.4) is 0 Å². The molecular formula is C73H140NO8P. The molecule has 0 heterocycles. The number of allylic oxidation sites excluding steroid dienone is 6. The number of quaternary nitrogens is 1. The van der Waals surface area contributed by atoms with E-state index in [9.17, 15) is 19.0 Å². The lowest BCUT2D eigenvalue weighted by Gasteiger charge is -2.28. The number of phosphoric ester groups is 1. The first kappa shape index (κ1) is 81.2. The minimum absolute atomic E-state index is 0.0269. The van der Waals surface area contributed by atoms with E-state index in [0.717, 1.165) is 44.9 Å². The summed E-state index contributed by atoms with van der Waals surface area (Å²) in [7, 11) is 1.19. The van der Waals surface area contributed by atoms with E-state index < -0.39 is 26.5 Å². The zero-order valence-electron chi connectivity index (χ0n) is 55.9. The standard InChI is InChI=1S/C73H140NO8P/c1-6-8-10-12-14-16-18-20-22-24-26-28-29-30-31-32-33-34-35-36-37-38-39-40-41-42-43-44-45-46-48-50-52-54-56-58-60-62-64-66-73(76)82-71(70-81-83(77,78)80-68-67-74(3,4)5)69-79-72(75)65-63-61-59-57-55-53-51-49-47-27-25-23-21-19-17-15-13-11-9-7-2/h18,20,24,26,29-30,71H,6-17,19,21-23,25,27-28,31-70H2,1-5H3/b20-18-,26-24-,30-29-. The molecule has 0 aromatic carbocycles. The maximum atomic E-state index is 12.9. The first-order chi connectivity index (χ1) is 40.5. The van der Waals surface area contributed by atoms with E-state index in [1.54, 1.807) is 0 Å². The van der Waals surface area contributed by atoms with E-state index in [2.05, 4.69) is 50.3 Å². The molecule has 0 saturated heterocycles. The molecule has 0 N–H and O–H groups in total. The smallest absolute Gasteiger partial charge is 0.306 e. The largest absolute Gasteiger partial charge is 0.756 e. The molecule has 0 aliphatic heterocycles. The summed E-state index contributed by atoms with van der Waals surface area (Å²) in [6.07, 6.45) is 82.4. The topological polar surface area (TPSA) is 111 Å². The van der Waals surface area contributed by atoms with Gasteiger partial charge in [-0.1, -0.05) is 339 Å². The van der Waals surface area contributed by atoms with Gasteiger partial charge in [-0.15, -0.1) is 0 Å². The second-order valence-corrected chi connectivity index (χ2v) is 27.4. The van der Waals surface area contributed by atoms with E-state index in [1.165, 1.54) is 289 Å². The van der Waals surface area contributed by atoms with Crippen LogP contribution in [0.1, 0.15) is 367 Å². The van der Waals surface area contributed by atoms with Gasteiger partial charge in [0.15, 0.2) is 6.10 Å². The van der Waals surface area contributed by atoms with Crippen molar-refractivity contribution < 1.29 is 42.1 Å². The van der Waals surface area contributed by atoms with Crippen LogP contribution in [0.5, 0.6) is 0 Å². The fourth-order valence-electron chi connectivity index (χ4n) is 10.8. The molecule has 0 aromatic heterocycles. The van der Waals surface area contributed by atoms with Crippen LogP contribution in [0.15, 0.2) is 36.5 Å². The average Bonchev–Trinajstić information content (AvgIpc) is 3.48. The Kier molecular flexibility index (Phi) is 63.3. The average molecular weight is 1190 g/mol. The molecule has 2 atom stereocenters. The lowest BCUT2D eigenvalue weighted by molar-refractivity contribution is -0.870. The fraction of sp³-hybridized carbons (Fsp3) is 0.890. The molecular weight excluding hydrogens is 1050 g/mol. The van der Waals surface area contributed by atoms with Gasteiger partial charge in [-0.2, -0.15) is 0 Å². The molecule has 2 unspecified atom stereocenters. The molecule has 10 heteroatoms. The predicted molar refractivity (Wildman–Crippen MR) is 356 cm³/mol. The molecule has 0 spiro atoms. The highest BCUT2D eigenvalue weighted by Gasteiger charge is 2.22. The fourth-order valence-corrected chi connectivity index (χ4v) is 11.6. The van der Waals surface area contributed by atoms with Crippen molar-refractivity contribution in [3.05, 3.63) is 36.5 Å². The molecule has 0 fully saturated rings. The summed E-state index contributed by atoms with van der Waals surface area (Å²) in [5.74, 6) is -0.809. The second-order valence-electron chi connectivity index (χ2n) is 26.0. The van der Waals surface area contributed by atoms with Gasteiger partial charge in [0.05, 0.1) is 27.7 Å². The highest BCUT2D eigenvalue weighted by molar-refractivity contribution is 7.45. The summed E-state index contributed by atoms with van der Waals surface area (Å²) in [4.78, 5) is 38.0. The molecule has 83 heavy (non-hydrogen) atoms. The lowest BCUT2D eigenvalue weighted by atomic mass is 10.0. The second kappa shape index (κ2) is 64.7. The van der Waals surface area contributed by atoms with Crippen LogP contribution in [0.2, 0.25) is 0 Å². The quantitative estimate of drug-likeness (QED) is 0.0195. The number of nitrogens with zero attached hydrogens (tertiary/aromatic N) is 1. The number of likely N-dealkylation sites (N-methyl/N-ethyl adjacent to an activating group) is 1. The summed E-state index contributed by atoms with van der Waals surface area (Å²) in [6, 6.07) is 0. The van der Waals surface area contributed by atoms with E-state index in [-0.39, 0.29) is 32.0 Å². The maximum Gasteiger partial charge on any atom is 0.306 e. The number of ether oxygens (including phenoxy) is 2. The van der Waals surface area contributed by atoms with Crippen LogP contribution in [0.4, 0.5) is 0 Å². The van der Waals surface area contributed by atoms with Gasteiger partial charge >= 0.3 is 11.9 Å². The van der Waals surface area contributed by atoms with Gasteiger partial charge in [-0.05, 0) is 51.4 Å². The summed E-state index contributed by atoms with van der Waals surface area (Å²) in [5, 5.41) is 0. The first-order valence-corrected chi connectivity index (χ1v) is 37.7. The Morgan fingerprint density at radius 3 is 0.964 bits per heavy atom. The van der Waals surface area contributed by atoms with Crippen molar-refractivity contribution in [3.63, 3.8) is 0 Å². The third-order valence-corrected chi connectivity index (χ3v) is 17.4. The molecule has 0 radical (unpaired) electrons. The Balaban J connectivity index is 3.91. The molecule has 0 aromatic rings. The van der Waals surface area contributed by atoms with E-state index in [1.807, 2.05) is 21.1 Å². The molecule has 0 aliphatic carbocycles. The number of esters is 2. The van der Waals surface area contributed by atoms with Gasteiger partial charge in [-0.25, -0.2) is 0 Å². The van der Waals surface area contributed by atoms with Crippen molar-refractivity contribution in [3.8, 4) is 0 Å². The molecule has 9 nitrogen and oxygen atoms in total. The van der Waals surface area contributed by atoms with Crippen molar-refractivity contribution in [2.45, 2.75) is 373 Å². The zero-order chi connectivity index (χ0) is 60.5. The van der Waals surface area contributed by atoms with Crippen LogP contribution in [0.25, 0.3) is 0 Å². The number of carbonyl (C=O) groups is 2. The normalized spacial score (nSPS) is 13.3. The molecule has 0 amide bonds. The van der Waals surface area contributed by atoms with Crippen molar-refractivity contribution >= 4 is 19.8 Å². The Morgan fingerprint density at radius 2 is 0.651 bits per heavy atom. The van der Waals surface area contributed by atoms with E-state index >= 15 is 0 Å². The number of phosphoric acid groups is 1. The minimum Gasteiger partial charge on any atom is -0.756 e. The summed E-state index contributed by atoms with van der Waals surface area (Å²) in [6.45, 7) is 4.30. The molecule has 0 aliphatic rings. The zero-order valence-corrected chi connectivity index (χ0v) is 56.8. The van der Waals surface area contributed by atoms with E-state index in [0.29, 0.717) is 17.4 Å². The van der Waals surface area contributed by atoms with Crippen molar-refractivity contribution in [1.29, 1.82) is 0 Å².